The molecule has 0 aliphatic carbocycles. The largest absolute Gasteiger partial charge is 0.480 e. The first-order valence-electron chi connectivity index (χ1n) is 5.14. The standard InChI is InChI=1S/C12H15NO4/c1-7-9(12(16)17-3)5-4-6-10(7)13-8(2)11(14)15/h4-6,8,13H,1-3H3,(H,14,15). The number of rotatable bonds is 4. The molecule has 0 aliphatic rings. The number of aliphatic carboxylic acids is 1. The van der Waals surface area contributed by atoms with Crippen molar-refractivity contribution in [2.45, 2.75) is 19.9 Å². The lowest BCUT2D eigenvalue weighted by Gasteiger charge is -2.14. The van der Waals surface area contributed by atoms with Crippen LogP contribution in [0.25, 0.3) is 0 Å². The number of hydrogen-bond acceptors (Lipinski definition) is 4. The van der Waals surface area contributed by atoms with Gasteiger partial charge in [-0.05, 0) is 31.5 Å². The number of nitrogens with one attached hydrogen (secondary N) is 1. The summed E-state index contributed by atoms with van der Waals surface area (Å²) in [6, 6.07) is 4.32. The van der Waals surface area contributed by atoms with Crippen LogP contribution >= 0.6 is 0 Å². The molecule has 0 saturated carbocycles. The smallest absolute Gasteiger partial charge is 0.338 e. The third-order valence-electron chi connectivity index (χ3n) is 2.48. The van der Waals surface area contributed by atoms with Crippen molar-refractivity contribution in [3.05, 3.63) is 29.3 Å². The van der Waals surface area contributed by atoms with Gasteiger partial charge in [0.1, 0.15) is 6.04 Å². The SMILES string of the molecule is COC(=O)c1cccc(NC(C)C(=O)O)c1C. The molecular formula is C12H15NO4. The van der Waals surface area contributed by atoms with Crippen molar-refractivity contribution in [3.8, 4) is 0 Å². The molecule has 0 fully saturated rings. The van der Waals surface area contributed by atoms with Gasteiger partial charge in [0, 0.05) is 5.69 Å². The molecule has 0 aromatic heterocycles. The number of ether oxygens (including phenoxy) is 1. The summed E-state index contributed by atoms with van der Waals surface area (Å²) in [4.78, 5) is 22.2. The molecule has 5 nitrogen and oxygen atoms in total. The number of carboxylic acid groups (broad SMARTS) is 1. The average Bonchev–Trinajstić information content (AvgIpc) is 2.30. The van der Waals surface area contributed by atoms with E-state index in [2.05, 4.69) is 10.1 Å². The highest BCUT2D eigenvalue weighted by Crippen LogP contribution is 2.20. The van der Waals surface area contributed by atoms with Gasteiger partial charge in [0.05, 0.1) is 12.7 Å². The van der Waals surface area contributed by atoms with Gasteiger partial charge in [-0.3, -0.25) is 4.79 Å². The van der Waals surface area contributed by atoms with E-state index in [-0.39, 0.29) is 0 Å². The van der Waals surface area contributed by atoms with Crippen molar-refractivity contribution >= 4 is 17.6 Å². The van der Waals surface area contributed by atoms with Crippen LogP contribution in [0.2, 0.25) is 0 Å². The fourth-order valence-electron chi connectivity index (χ4n) is 1.42. The molecule has 92 valence electrons. The predicted molar refractivity (Wildman–Crippen MR) is 63.2 cm³/mol. The molecule has 0 saturated heterocycles. The third-order valence-corrected chi connectivity index (χ3v) is 2.48. The molecule has 0 amide bonds. The predicted octanol–water partition coefficient (Wildman–Crippen LogP) is 1.67. The number of carbonyl (C=O) groups excluding carboxylic acids is 1. The lowest BCUT2D eigenvalue weighted by Crippen LogP contribution is -2.26. The molecule has 17 heavy (non-hydrogen) atoms. The van der Waals surface area contributed by atoms with E-state index >= 15 is 0 Å². The van der Waals surface area contributed by atoms with Crippen LogP contribution in [0.4, 0.5) is 5.69 Å². The minimum atomic E-state index is -0.951. The number of hydrogen-bond donors (Lipinski definition) is 2. The van der Waals surface area contributed by atoms with Crippen molar-refractivity contribution in [1.29, 1.82) is 0 Å². The maximum atomic E-state index is 11.4. The van der Waals surface area contributed by atoms with Crippen molar-refractivity contribution in [2.75, 3.05) is 12.4 Å². The summed E-state index contributed by atoms with van der Waals surface area (Å²) in [5.74, 6) is -1.39. The molecule has 5 heteroatoms. The van der Waals surface area contributed by atoms with Crippen LogP contribution in [0.15, 0.2) is 18.2 Å². The number of anilines is 1. The molecule has 1 aromatic carbocycles. The molecule has 1 unspecified atom stereocenters. The second-order valence-electron chi connectivity index (χ2n) is 3.67. The Hall–Kier alpha value is -2.04. The Morgan fingerprint density at radius 3 is 2.59 bits per heavy atom. The van der Waals surface area contributed by atoms with E-state index in [1.54, 1.807) is 25.1 Å². The van der Waals surface area contributed by atoms with Gasteiger partial charge in [0.25, 0.3) is 0 Å². The molecule has 1 aromatic rings. The molecule has 2 N–H and O–H groups in total. The number of benzene rings is 1. The molecule has 1 rings (SSSR count). The lowest BCUT2D eigenvalue weighted by molar-refractivity contribution is -0.137. The molecule has 0 heterocycles. The Balaban J connectivity index is 3.02. The van der Waals surface area contributed by atoms with Crippen LogP contribution in [0.3, 0.4) is 0 Å². The fourth-order valence-corrected chi connectivity index (χ4v) is 1.42. The van der Waals surface area contributed by atoms with Gasteiger partial charge >= 0.3 is 11.9 Å². The van der Waals surface area contributed by atoms with Crippen LogP contribution in [-0.2, 0) is 9.53 Å². The Labute approximate surface area is 99.4 Å². The Kier molecular flexibility index (Phi) is 4.09. The fraction of sp³-hybridized carbons (Fsp3) is 0.333. The minimum Gasteiger partial charge on any atom is -0.480 e. The second kappa shape index (κ2) is 5.34. The maximum Gasteiger partial charge on any atom is 0.338 e. The van der Waals surface area contributed by atoms with E-state index in [4.69, 9.17) is 5.11 Å². The first-order chi connectivity index (χ1) is 7.97. The van der Waals surface area contributed by atoms with Gasteiger partial charge in [-0.1, -0.05) is 6.07 Å². The van der Waals surface area contributed by atoms with Gasteiger partial charge in [0.15, 0.2) is 0 Å². The normalized spacial score (nSPS) is 11.7. The van der Waals surface area contributed by atoms with Crippen LogP contribution in [0.5, 0.6) is 0 Å². The molecule has 1 atom stereocenters. The van der Waals surface area contributed by atoms with Crippen molar-refractivity contribution in [3.63, 3.8) is 0 Å². The number of esters is 1. The molecule has 0 spiro atoms. The van der Waals surface area contributed by atoms with Crippen LogP contribution in [0, 0.1) is 6.92 Å². The average molecular weight is 237 g/mol. The Morgan fingerprint density at radius 2 is 2.06 bits per heavy atom. The molecule has 0 radical (unpaired) electrons. The summed E-state index contributed by atoms with van der Waals surface area (Å²) in [6.45, 7) is 3.27. The van der Waals surface area contributed by atoms with E-state index < -0.39 is 18.0 Å². The summed E-state index contributed by atoms with van der Waals surface area (Å²) in [7, 11) is 1.31. The van der Waals surface area contributed by atoms with E-state index in [0.717, 1.165) is 0 Å². The number of carbonyl (C=O) groups is 2. The van der Waals surface area contributed by atoms with E-state index in [0.29, 0.717) is 16.8 Å². The summed E-state index contributed by atoms with van der Waals surface area (Å²) >= 11 is 0. The zero-order chi connectivity index (χ0) is 13.0. The van der Waals surface area contributed by atoms with E-state index in [1.807, 2.05) is 0 Å². The minimum absolute atomic E-state index is 0.426. The van der Waals surface area contributed by atoms with Gasteiger partial charge in [-0.15, -0.1) is 0 Å². The number of methoxy groups -OCH3 is 1. The van der Waals surface area contributed by atoms with Gasteiger partial charge in [-0.25, -0.2) is 4.79 Å². The van der Waals surface area contributed by atoms with Crippen molar-refractivity contribution in [1.82, 2.24) is 0 Å². The topological polar surface area (TPSA) is 75.6 Å². The van der Waals surface area contributed by atoms with Gasteiger partial charge in [-0.2, -0.15) is 0 Å². The molecule has 0 aliphatic heterocycles. The summed E-state index contributed by atoms with van der Waals surface area (Å²) in [6.07, 6.45) is 0. The third kappa shape index (κ3) is 2.96. The van der Waals surface area contributed by atoms with Crippen LogP contribution in [0.1, 0.15) is 22.8 Å². The molecule has 0 bridgehead atoms. The summed E-state index contributed by atoms with van der Waals surface area (Å²) in [5, 5.41) is 11.6. The first kappa shape index (κ1) is 13.0. The second-order valence-corrected chi connectivity index (χ2v) is 3.67. The van der Waals surface area contributed by atoms with Crippen LogP contribution < -0.4 is 5.32 Å². The summed E-state index contributed by atoms with van der Waals surface area (Å²) < 4.78 is 4.64. The quantitative estimate of drug-likeness (QED) is 0.779. The highest BCUT2D eigenvalue weighted by atomic mass is 16.5. The molecular weight excluding hydrogens is 222 g/mol. The van der Waals surface area contributed by atoms with Crippen molar-refractivity contribution < 1.29 is 19.4 Å². The Bertz CT molecular complexity index is 442. The van der Waals surface area contributed by atoms with E-state index in [1.165, 1.54) is 14.0 Å². The highest BCUT2D eigenvalue weighted by Gasteiger charge is 2.15. The highest BCUT2D eigenvalue weighted by molar-refractivity contribution is 5.93. The monoisotopic (exact) mass is 237 g/mol. The zero-order valence-electron chi connectivity index (χ0n) is 9.98. The van der Waals surface area contributed by atoms with Gasteiger partial charge in [0.2, 0.25) is 0 Å². The lowest BCUT2D eigenvalue weighted by atomic mass is 10.1. The zero-order valence-corrected chi connectivity index (χ0v) is 9.98. The van der Waals surface area contributed by atoms with Crippen LogP contribution in [-0.4, -0.2) is 30.2 Å². The van der Waals surface area contributed by atoms with Gasteiger partial charge < -0.3 is 15.2 Å². The summed E-state index contributed by atoms with van der Waals surface area (Å²) in [5.41, 5.74) is 1.71. The van der Waals surface area contributed by atoms with Crippen molar-refractivity contribution in [2.24, 2.45) is 0 Å². The first-order valence-corrected chi connectivity index (χ1v) is 5.14. The van der Waals surface area contributed by atoms with E-state index in [9.17, 15) is 9.59 Å². The number of carboxylic acids is 1. The Morgan fingerprint density at radius 1 is 1.41 bits per heavy atom. The maximum absolute atomic E-state index is 11.4.